The van der Waals surface area contributed by atoms with Crippen LogP contribution < -0.4 is 0 Å². The predicted molar refractivity (Wildman–Crippen MR) is 90.7 cm³/mol. The predicted octanol–water partition coefficient (Wildman–Crippen LogP) is 4.02. The van der Waals surface area contributed by atoms with Crippen molar-refractivity contribution in [3.63, 3.8) is 0 Å². The van der Waals surface area contributed by atoms with E-state index in [9.17, 15) is 9.90 Å². The molecule has 4 nitrogen and oxygen atoms in total. The van der Waals surface area contributed by atoms with Gasteiger partial charge in [0, 0.05) is 23.9 Å². The Labute approximate surface area is 141 Å². The van der Waals surface area contributed by atoms with Gasteiger partial charge in [0.25, 0.3) is 0 Å². The molecule has 0 amide bonds. The fraction of sp³-hybridized carbons (Fsp3) is 0.778. The molecule has 1 saturated heterocycles. The minimum Gasteiger partial charge on any atom is -0.480 e. The molecule has 1 aromatic heterocycles. The SMILES string of the molecule is O=C(O)C1CC2CCCCC2N1Cc1csc(C2CCCC2)n1. The maximum absolute atomic E-state index is 11.7. The highest BCUT2D eigenvalue weighted by Gasteiger charge is 2.45. The highest BCUT2D eigenvalue weighted by Crippen LogP contribution is 2.41. The number of aromatic nitrogens is 1. The van der Waals surface area contributed by atoms with Crippen LogP contribution in [0.15, 0.2) is 5.38 Å². The van der Waals surface area contributed by atoms with Gasteiger partial charge in [0.15, 0.2) is 0 Å². The van der Waals surface area contributed by atoms with Crippen LogP contribution in [-0.4, -0.2) is 33.0 Å². The number of likely N-dealkylation sites (tertiary alicyclic amines) is 1. The molecule has 0 bridgehead atoms. The summed E-state index contributed by atoms with van der Waals surface area (Å²) in [4.78, 5) is 18.8. The number of hydrogen-bond acceptors (Lipinski definition) is 4. The summed E-state index contributed by atoms with van der Waals surface area (Å²) < 4.78 is 0. The van der Waals surface area contributed by atoms with Gasteiger partial charge in [-0.2, -0.15) is 0 Å². The van der Waals surface area contributed by atoms with Gasteiger partial charge in [-0.05, 0) is 38.0 Å². The van der Waals surface area contributed by atoms with Crippen LogP contribution in [0.2, 0.25) is 0 Å². The molecule has 1 aromatic rings. The lowest BCUT2D eigenvalue weighted by molar-refractivity contribution is -0.142. The molecule has 0 aromatic carbocycles. The topological polar surface area (TPSA) is 53.4 Å². The van der Waals surface area contributed by atoms with E-state index in [0.29, 0.717) is 17.9 Å². The number of carboxylic acid groups (broad SMARTS) is 1. The molecule has 5 heteroatoms. The molecule has 23 heavy (non-hydrogen) atoms. The lowest BCUT2D eigenvalue weighted by atomic mass is 9.85. The molecule has 1 aliphatic heterocycles. The Morgan fingerprint density at radius 1 is 1.22 bits per heavy atom. The summed E-state index contributed by atoms with van der Waals surface area (Å²) in [5.41, 5.74) is 1.09. The van der Waals surface area contributed by atoms with Gasteiger partial charge in [-0.1, -0.05) is 25.7 Å². The van der Waals surface area contributed by atoms with E-state index in [2.05, 4.69) is 10.3 Å². The van der Waals surface area contributed by atoms with Gasteiger partial charge in [-0.15, -0.1) is 11.3 Å². The third-order valence-electron chi connectivity index (χ3n) is 6.12. The molecule has 3 fully saturated rings. The van der Waals surface area contributed by atoms with Gasteiger partial charge in [-0.25, -0.2) is 4.98 Å². The van der Waals surface area contributed by atoms with Crippen molar-refractivity contribution in [1.29, 1.82) is 0 Å². The Morgan fingerprint density at radius 3 is 2.74 bits per heavy atom. The smallest absolute Gasteiger partial charge is 0.320 e. The number of thiazole rings is 1. The van der Waals surface area contributed by atoms with Gasteiger partial charge >= 0.3 is 5.97 Å². The molecule has 3 aliphatic rings. The monoisotopic (exact) mass is 334 g/mol. The van der Waals surface area contributed by atoms with Crippen LogP contribution in [0.4, 0.5) is 0 Å². The van der Waals surface area contributed by atoms with E-state index in [0.717, 1.165) is 25.1 Å². The van der Waals surface area contributed by atoms with Crippen molar-refractivity contribution >= 4 is 17.3 Å². The minimum atomic E-state index is -0.648. The van der Waals surface area contributed by atoms with E-state index in [4.69, 9.17) is 4.98 Å². The second-order valence-corrected chi connectivity index (χ2v) is 8.42. The van der Waals surface area contributed by atoms with Crippen molar-refractivity contribution in [2.45, 2.75) is 82.3 Å². The molecular formula is C18H26N2O2S. The summed E-state index contributed by atoms with van der Waals surface area (Å²) >= 11 is 1.78. The first-order valence-corrected chi connectivity index (χ1v) is 10.0. The average Bonchev–Trinajstić information content (AvgIpc) is 3.26. The first-order valence-electron chi connectivity index (χ1n) is 9.15. The summed E-state index contributed by atoms with van der Waals surface area (Å²) in [5.74, 6) is 0.591. The van der Waals surface area contributed by atoms with Gasteiger partial charge in [-0.3, -0.25) is 9.69 Å². The van der Waals surface area contributed by atoms with Crippen LogP contribution in [0.5, 0.6) is 0 Å². The lowest BCUT2D eigenvalue weighted by Gasteiger charge is -2.32. The minimum absolute atomic E-state index is 0.306. The first-order chi connectivity index (χ1) is 11.2. The van der Waals surface area contributed by atoms with Crippen molar-refractivity contribution in [1.82, 2.24) is 9.88 Å². The second-order valence-electron chi connectivity index (χ2n) is 7.53. The van der Waals surface area contributed by atoms with Crippen LogP contribution in [0.3, 0.4) is 0 Å². The van der Waals surface area contributed by atoms with Gasteiger partial charge < -0.3 is 5.11 Å². The van der Waals surface area contributed by atoms with Gasteiger partial charge in [0.05, 0.1) is 10.7 Å². The van der Waals surface area contributed by atoms with E-state index in [1.165, 1.54) is 50.0 Å². The van der Waals surface area contributed by atoms with Crippen LogP contribution in [0.25, 0.3) is 0 Å². The van der Waals surface area contributed by atoms with Crippen LogP contribution in [-0.2, 0) is 11.3 Å². The van der Waals surface area contributed by atoms with Crippen molar-refractivity contribution in [2.75, 3.05) is 0 Å². The lowest BCUT2D eigenvalue weighted by Crippen LogP contribution is -2.41. The van der Waals surface area contributed by atoms with Crippen LogP contribution in [0.1, 0.15) is 74.4 Å². The van der Waals surface area contributed by atoms with Gasteiger partial charge in [0.1, 0.15) is 6.04 Å². The molecule has 3 unspecified atom stereocenters. The van der Waals surface area contributed by atoms with E-state index >= 15 is 0 Å². The van der Waals surface area contributed by atoms with Crippen molar-refractivity contribution in [2.24, 2.45) is 5.92 Å². The molecule has 4 rings (SSSR count). The van der Waals surface area contributed by atoms with Crippen LogP contribution >= 0.6 is 11.3 Å². The van der Waals surface area contributed by atoms with E-state index in [1.54, 1.807) is 11.3 Å². The highest BCUT2D eigenvalue weighted by molar-refractivity contribution is 7.09. The normalized spacial score (nSPS) is 32.3. The Hall–Kier alpha value is -0.940. The van der Waals surface area contributed by atoms with Gasteiger partial charge in [0.2, 0.25) is 0 Å². The number of rotatable bonds is 4. The summed E-state index contributed by atoms with van der Waals surface area (Å²) in [6.07, 6.45) is 10.9. The molecule has 1 N–H and O–H groups in total. The molecule has 3 atom stereocenters. The zero-order chi connectivity index (χ0) is 15.8. The zero-order valence-electron chi connectivity index (χ0n) is 13.6. The van der Waals surface area contributed by atoms with Crippen LogP contribution in [0, 0.1) is 5.92 Å². The Balaban J connectivity index is 1.50. The number of aliphatic carboxylic acids is 1. The molecule has 0 radical (unpaired) electrons. The van der Waals surface area contributed by atoms with E-state index < -0.39 is 5.97 Å². The number of carbonyl (C=O) groups is 1. The molecule has 2 heterocycles. The first kappa shape index (κ1) is 15.6. The summed E-state index contributed by atoms with van der Waals surface area (Å²) in [6.45, 7) is 0.724. The summed E-state index contributed by atoms with van der Waals surface area (Å²) in [5, 5.41) is 13.1. The van der Waals surface area contributed by atoms with E-state index in [-0.39, 0.29) is 6.04 Å². The third-order valence-corrected chi connectivity index (χ3v) is 7.18. The quantitative estimate of drug-likeness (QED) is 0.903. The number of carboxylic acids is 1. The fourth-order valence-electron chi connectivity index (χ4n) is 4.97. The Morgan fingerprint density at radius 2 is 1.96 bits per heavy atom. The second kappa shape index (κ2) is 6.52. The number of fused-ring (bicyclic) bond motifs is 1. The molecule has 0 spiro atoms. The molecule has 2 saturated carbocycles. The number of nitrogens with zero attached hydrogens (tertiary/aromatic N) is 2. The Bertz CT molecular complexity index is 567. The third kappa shape index (κ3) is 3.05. The molecular weight excluding hydrogens is 308 g/mol. The van der Waals surface area contributed by atoms with E-state index in [1.807, 2.05) is 0 Å². The van der Waals surface area contributed by atoms with Crippen molar-refractivity contribution in [3.8, 4) is 0 Å². The summed E-state index contributed by atoms with van der Waals surface area (Å²) in [6, 6.07) is 0.154. The standard InChI is InChI=1S/C18H26N2O2S/c21-18(22)16-9-13-7-3-4-8-15(13)20(16)10-14-11-23-17(19-14)12-5-1-2-6-12/h11-13,15-16H,1-10H2,(H,21,22). The largest absolute Gasteiger partial charge is 0.480 e. The zero-order valence-corrected chi connectivity index (χ0v) is 14.4. The molecule has 2 aliphatic carbocycles. The number of hydrogen-bond donors (Lipinski definition) is 1. The highest BCUT2D eigenvalue weighted by atomic mass is 32.1. The summed E-state index contributed by atoms with van der Waals surface area (Å²) in [7, 11) is 0. The Kier molecular flexibility index (Phi) is 4.41. The fourth-order valence-corrected chi connectivity index (χ4v) is 5.95. The maximum Gasteiger partial charge on any atom is 0.320 e. The maximum atomic E-state index is 11.7. The average molecular weight is 334 g/mol. The van der Waals surface area contributed by atoms with Crippen molar-refractivity contribution < 1.29 is 9.90 Å². The molecule has 126 valence electrons. The van der Waals surface area contributed by atoms with Crippen molar-refractivity contribution in [3.05, 3.63) is 16.1 Å².